The Balaban J connectivity index is 1.99. The van der Waals surface area contributed by atoms with Gasteiger partial charge in [0.05, 0.1) is 13.7 Å². The third-order valence-electron chi connectivity index (χ3n) is 5.32. The molecular weight excluding hydrogens is 302 g/mol. The van der Waals surface area contributed by atoms with Crippen molar-refractivity contribution in [1.82, 2.24) is 4.90 Å². The van der Waals surface area contributed by atoms with Crippen molar-refractivity contribution in [2.45, 2.75) is 25.8 Å². The highest BCUT2D eigenvalue weighted by molar-refractivity contribution is 5.83. The van der Waals surface area contributed by atoms with Crippen molar-refractivity contribution in [1.29, 1.82) is 0 Å². The first-order valence-electron chi connectivity index (χ1n) is 8.53. The lowest BCUT2D eigenvalue weighted by Gasteiger charge is -2.40. The fourth-order valence-corrected chi connectivity index (χ4v) is 4.17. The van der Waals surface area contributed by atoms with Gasteiger partial charge in [-0.25, -0.2) is 0 Å². The van der Waals surface area contributed by atoms with E-state index in [-0.39, 0.29) is 5.75 Å². The van der Waals surface area contributed by atoms with Gasteiger partial charge in [-0.15, -0.1) is 0 Å². The minimum atomic E-state index is 0.244. The number of benzene rings is 2. The Kier molecular flexibility index (Phi) is 3.65. The third kappa shape index (κ3) is 2.09. The summed E-state index contributed by atoms with van der Waals surface area (Å²) in [5.74, 6) is 1.76. The van der Waals surface area contributed by atoms with Gasteiger partial charge in [0, 0.05) is 23.7 Å². The van der Waals surface area contributed by atoms with E-state index in [0.29, 0.717) is 18.4 Å². The first-order chi connectivity index (χ1) is 11.7. The minimum Gasteiger partial charge on any atom is -0.504 e. The summed E-state index contributed by atoms with van der Waals surface area (Å²) in [5, 5.41) is 10.7. The Labute approximate surface area is 142 Å². The van der Waals surface area contributed by atoms with E-state index in [4.69, 9.17) is 9.47 Å². The zero-order valence-electron chi connectivity index (χ0n) is 14.4. The Hall–Kier alpha value is -2.20. The van der Waals surface area contributed by atoms with E-state index in [1.165, 1.54) is 16.7 Å². The molecule has 126 valence electrons. The van der Waals surface area contributed by atoms with Crippen LogP contribution in [0.4, 0.5) is 0 Å². The van der Waals surface area contributed by atoms with E-state index < -0.39 is 0 Å². The molecule has 1 unspecified atom stereocenters. The van der Waals surface area contributed by atoms with Gasteiger partial charge in [0.2, 0.25) is 0 Å². The molecule has 4 heteroatoms. The fraction of sp³-hybridized carbons (Fsp3) is 0.400. The molecule has 1 aliphatic carbocycles. The van der Waals surface area contributed by atoms with Gasteiger partial charge in [-0.05, 0) is 55.6 Å². The second kappa shape index (κ2) is 5.71. The molecule has 1 N–H and O–H groups in total. The Morgan fingerprint density at radius 1 is 1.21 bits per heavy atom. The molecule has 0 spiro atoms. The van der Waals surface area contributed by atoms with Crippen molar-refractivity contribution in [2.75, 3.05) is 27.3 Å². The standard InChI is InChI=1S/C20H23NO3/c1-4-24-16-8-6-14-18-12(5-7-17(23-3)20(18)22)11-15-19(14)13(16)9-10-21(15)2/h5-8,15,22H,4,9-11H2,1-3H3. The van der Waals surface area contributed by atoms with Crippen LogP contribution in [-0.2, 0) is 12.8 Å². The zero-order chi connectivity index (χ0) is 16.8. The average molecular weight is 325 g/mol. The maximum Gasteiger partial charge on any atom is 0.165 e. The SMILES string of the molecule is CCOc1ccc2c3c1CCN(C)C3Cc1ccc(OC)c(O)c1-2. The Morgan fingerprint density at radius 2 is 2.00 bits per heavy atom. The predicted molar refractivity (Wildman–Crippen MR) is 94.0 cm³/mol. The normalized spacial score (nSPS) is 18.7. The molecule has 4 nitrogen and oxygen atoms in total. The Morgan fingerprint density at radius 3 is 2.75 bits per heavy atom. The van der Waals surface area contributed by atoms with Crippen LogP contribution < -0.4 is 9.47 Å². The second-order valence-electron chi connectivity index (χ2n) is 6.54. The summed E-state index contributed by atoms with van der Waals surface area (Å²) in [6, 6.07) is 8.41. The van der Waals surface area contributed by atoms with Gasteiger partial charge in [-0.1, -0.05) is 12.1 Å². The molecule has 1 atom stereocenters. The number of methoxy groups -OCH3 is 1. The minimum absolute atomic E-state index is 0.244. The summed E-state index contributed by atoms with van der Waals surface area (Å²) in [4.78, 5) is 2.41. The van der Waals surface area contributed by atoms with Gasteiger partial charge in [0.1, 0.15) is 5.75 Å². The van der Waals surface area contributed by atoms with Crippen LogP contribution in [0.3, 0.4) is 0 Å². The fourth-order valence-electron chi connectivity index (χ4n) is 4.17. The van der Waals surface area contributed by atoms with Crippen molar-refractivity contribution in [3.05, 3.63) is 41.0 Å². The molecule has 2 aromatic carbocycles. The van der Waals surface area contributed by atoms with Gasteiger partial charge in [0.15, 0.2) is 11.5 Å². The molecule has 0 saturated carbocycles. The third-order valence-corrected chi connectivity index (χ3v) is 5.32. The number of aromatic hydroxyl groups is 1. The van der Waals surface area contributed by atoms with Crippen LogP contribution in [0, 0.1) is 0 Å². The molecule has 24 heavy (non-hydrogen) atoms. The largest absolute Gasteiger partial charge is 0.504 e. The predicted octanol–water partition coefficient (Wildman–Crippen LogP) is 3.55. The number of nitrogens with zero attached hydrogens (tertiary/aromatic N) is 1. The monoisotopic (exact) mass is 325 g/mol. The summed E-state index contributed by atoms with van der Waals surface area (Å²) in [6.07, 6.45) is 1.88. The Bertz CT molecular complexity index is 800. The maximum absolute atomic E-state index is 10.7. The van der Waals surface area contributed by atoms with Crippen LogP contribution in [0.1, 0.15) is 29.7 Å². The number of fused-ring (bicyclic) bond motifs is 2. The van der Waals surface area contributed by atoms with Crippen LogP contribution in [0.2, 0.25) is 0 Å². The summed E-state index contributed by atoms with van der Waals surface area (Å²) in [5.41, 5.74) is 5.81. The molecule has 1 heterocycles. The number of hydrogen-bond acceptors (Lipinski definition) is 4. The van der Waals surface area contributed by atoms with Crippen molar-refractivity contribution in [2.24, 2.45) is 0 Å². The lowest BCUT2D eigenvalue weighted by Crippen LogP contribution is -2.35. The van der Waals surface area contributed by atoms with Gasteiger partial charge >= 0.3 is 0 Å². The quantitative estimate of drug-likeness (QED) is 0.937. The summed E-state index contributed by atoms with van der Waals surface area (Å²) in [7, 11) is 3.77. The van der Waals surface area contributed by atoms with Crippen molar-refractivity contribution >= 4 is 0 Å². The molecule has 0 aromatic heterocycles. The van der Waals surface area contributed by atoms with E-state index >= 15 is 0 Å². The lowest BCUT2D eigenvalue weighted by atomic mass is 9.76. The van der Waals surface area contributed by atoms with Crippen molar-refractivity contribution in [3.8, 4) is 28.4 Å². The summed E-state index contributed by atoms with van der Waals surface area (Å²) in [6.45, 7) is 3.71. The molecular formula is C20H23NO3. The van der Waals surface area contributed by atoms with E-state index in [1.807, 2.05) is 19.1 Å². The van der Waals surface area contributed by atoms with Crippen LogP contribution in [0.25, 0.3) is 11.1 Å². The van der Waals surface area contributed by atoms with Crippen LogP contribution >= 0.6 is 0 Å². The number of phenolic OH excluding ortho intramolecular Hbond substituents is 1. The van der Waals surface area contributed by atoms with Crippen LogP contribution in [0.5, 0.6) is 17.2 Å². The van der Waals surface area contributed by atoms with Gasteiger partial charge in [-0.3, -0.25) is 4.90 Å². The number of likely N-dealkylation sites (N-methyl/N-ethyl adjacent to an activating group) is 1. The highest BCUT2D eigenvalue weighted by atomic mass is 16.5. The maximum atomic E-state index is 10.7. The van der Waals surface area contributed by atoms with Crippen molar-refractivity contribution in [3.63, 3.8) is 0 Å². The first kappa shape index (κ1) is 15.3. The number of hydrogen-bond donors (Lipinski definition) is 1. The molecule has 4 rings (SSSR count). The first-order valence-corrected chi connectivity index (χ1v) is 8.53. The van der Waals surface area contributed by atoms with Gasteiger partial charge in [-0.2, -0.15) is 0 Å². The van der Waals surface area contributed by atoms with Crippen molar-refractivity contribution < 1.29 is 14.6 Å². The van der Waals surface area contributed by atoms with Crippen LogP contribution in [0.15, 0.2) is 24.3 Å². The van der Waals surface area contributed by atoms with E-state index in [9.17, 15) is 5.11 Å². The van der Waals surface area contributed by atoms with Gasteiger partial charge < -0.3 is 14.6 Å². The topological polar surface area (TPSA) is 41.9 Å². The lowest BCUT2D eigenvalue weighted by molar-refractivity contribution is 0.223. The highest BCUT2D eigenvalue weighted by Gasteiger charge is 2.35. The summed E-state index contributed by atoms with van der Waals surface area (Å²) < 4.78 is 11.2. The van der Waals surface area contributed by atoms with E-state index in [1.54, 1.807) is 7.11 Å². The molecule has 1 aliphatic heterocycles. The number of ether oxygens (including phenoxy) is 2. The van der Waals surface area contributed by atoms with Gasteiger partial charge in [0.25, 0.3) is 0 Å². The molecule has 0 saturated heterocycles. The van der Waals surface area contributed by atoms with E-state index in [2.05, 4.69) is 24.1 Å². The number of phenols is 1. The smallest absolute Gasteiger partial charge is 0.165 e. The molecule has 2 aliphatic rings. The van der Waals surface area contributed by atoms with Crippen LogP contribution in [-0.4, -0.2) is 37.3 Å². The molecule has 0 radical (unpaired) electrons. The second-order valence-corrected chi connectivity index (χ2v) is 6.54. The van der Waals surface area contributed by atoms with E-state index in [0.717, 1.165) is 36.3 Å². The molecule has 0 fully saturated rings. The average Bonchev–Trinajstić information content (AvgIpc) is 2.59. The number of rotatable bonds is 3. The zero-order valence-corrected chi connectivity index (χ0v) is 14.4. The molecule has 0 amide bonds. The molecule has 2 aromatic rings. The molecule has 0 bridgehead atoms. The summed E-state index contributed by atoms with van der Waals surface area (Å²) >= 11 is 0. The highest BCUT2D eigenvalue weighted by Crippen LogP contribution is 2.51.